The molecule has 0 bridgehead atoms. The van der Waals surface area contributed by atoms with E-state index in [1.54, 1.807) is 0 Å². The van der Waals surface area contributed by atoms with Gasteiger partial charge in [0.1, 0.15) is 0 Å². The Morgan fingerprint density at radius 2 is 0.781 bits per heavy atom. The van der Waals surface area contributed by atoms with Crippen LogP contribution in [0, 0.1) is 0 Å². The van der Waals surface area contributed by atoms with E-state index in [1.165, 1.54) is 101 Å². The van der Waals surface area contributed by atoms with Crippen molar-refractivity contribution in [3.05, 3.63) is 60.7 Å². The summed E-state index contributed by atoms with van der Waals surface area (Å²) >= 11 is 0. The number of ether oxygens (including phenoxy) is 1. The first kappa shape index (κ1) is 31.4. The summed E-state index contributed by atoms with van der Waals surface area (Å²) in [6.45, 7) is 6.53. The van der Waals surface area contributed by atoms with Gasteiger partial charge >= 0.3 is 29.6 Å². The van der Waals surface area contributed by atoms with Gasteiger partial charge in [0, 0.05) is 13.2 Å². The molecule has 0 amide bonds. The molecule has 2 aromatic rings. The van der Waals surface area contributed by atoms with Crippen molar-refractivity contribution in [3.8, 4) is 11.1 Å². The van der Waals surface area contributed by atoms with Gasteiger partial charge in [-0.05, 0) is 24.0 Å². The Bertz CT molecular complexity index is 537. The van der Waals surface area contributed by atoms with E-state index < -0.39 is 0 Å². The molecular weight excluding hydrogens is 399 g/mol. The van der Waals surface area contributed by atoms with Crippen LogP contribution in [-0.4, -0.2) is 13.2 Å². The van der Waals surface area contributed by atoms with Gasteiger partial charge in [-0.25, -0.2) is 0 Å². The van der Waals surface area contributed by atoms with Gasteiger partial charge in [0.25, 0.3) is 0 Å². The number of hydrogen-bond donors (Lipinski definition) is 0. The summed E-state index contributed by atoms with van der Waals surface area (Å²) in [6.07, 6.45) is 19.3. The van der Waals surface area contributed by atoms with Crippen molar-refractivity contribution in [2.75, 3.05) is 13.2 Å². The topological polar surface area (TPSA) is 9.23 Å². The van der Waals surface area contributed by atoms with E-state index in [0.717, 1.165) is 13.2 Å². The van der Waals surface area contributed by atoms with Crippen LogP contribution in [-0.2, 0) is 4.74 Å². The minimum atomic E-state index is 0. The number of rotatable bonds is 17. The fraction of sp³-hybridized carbons (Fsp3) is 0.600. The molecule has 0 saturated heterocycles. The summed E-state index contributed by atoms with van der Waals surface area (Å²) in [6, 6.07) is 20.8. The molecule has 2 rings (SSSR count). The molecule has 32 heavy (non-hydrogen) atoms. The maximum absolute atomic E-state index is 5.69. The van der Waals surface area contributed by atoms with Crippen LogP contribution in [0.4, 0.5) is 0 Å². The van der Waals surface area contributed by atoms with Gasteiger partial charge in [-0.1, -0.05) is 152 Å². The smallest absolute Gasteiger partial charge is 1.00 e. The van der Waals surface area contributed by atoms with Gasteiger partial charge in [-0.2, -0.15) is 0 Å². The molecule has 0 saturated carbocycles. The first-order chi connectivity index (χ1) is 15.4. The molecule has 0 aliphatic heterocycles. The van der Waals surface area contributed by atoms with E-state index in [-0.39, 0.29) is 31.0 Å². The molecule has 0 fully saturated rings. The molecule has 176 valence electrons. The molecular formula is C30H49NaO. The van der Waals surface area contributed by atoms with Crippen LogP contribution in [0.2, 0.25) is 0 Å². The second-order valence-electron chi connectivity index (χ2n) is 8.59. The van der Waals surface area contributed by atoms with Gasteiger partial charge in [-0.15, -0.1) is 0 Å². The summed E-state index contributed by atoms with van der Waals surface area (Å²) in [5.74, 6) is 0. The van der Waals surface area contributed by atoms with Crippen LogP contribution in [0.3, 0.4) is 0 Å². The quantitative estimate of drug-likeness (QED) is 0.187. The molecule has 0 spiro atoms. The van der Waals surface area contributed by atoms with Crippen LogP contribution < -0.4 is 29.6 Å². The van der Waals surface area contributed by atoms with Crippen molar-refractivity contribution in [1.82, 2.24) is 0 Å². The molecule has 0 heterocycles. The molecule has 1 nitrogen and oxygen atoms in total. The fourth-order valence-corrected chi connectivity index (χ4v) is 3.69. The second kappa shape index (κ2) is 25.0. The minimum Gasteiger partial charge on any atom is -1.00 e. The summed E-state index contributed by atoms with van der Waals surface area (Å²) in [7, 11) is 0. The van der Waals surface area contributed by atoms with Gasteiger partial charge < -0.3 is 6.16 Å². The average molecular weight is 449 g/mol. The molecule has 0 aromatic heterocycles. The molecule has 0 radical (unpaired) electrons. The molecule has 0 atom stereocenters. The third kappa shape index (κ3) is 18.9. The van der Waals surface area contributed by atoms with Gasteiger partial charge in [0.15, 0.2) is 0 Å². The van der Waals surface area contributed by atoms with Crippen molar-refractivity contribution in [2.45, 2.75) is 104 Å². The summed E-state index contributed by atoms with van der Waals surface area (Å²) in [4.78, 5) is 0. The predicted octanol–water partition coefficient (Wildman–Crippen LogP) is 6.97. The Morgan fingerprint density at radius 1 is 0.469 bits per heavy atom. The van der Waals surface area contributed by atoms with E-state index in [4.69, 9.17) is 4.74 Å². The number of hydrogen-bond acceptors (Lipinski definition) is 1. The standard InChI is InChI=1S/C18H38O.C12H10.Na.H/c1-3-5-7-9-11-13-15-17-19-18-16-14-12-10-8-6-4-2;1-3-7-11(8-4-1)12-9-5-2-6-10-12;;/h3-18H2,1-2H3;1-10H;;/q;;+1;-1. The molecule has 2 heteroatoms. The predicted molar refractivity (Wildman–Crippen MR) is 140 cm³/mol. The Balaban J connectivity index is 0. The van der Waals surface area contributed by atoms with Gasteiger partial charge in [0.05, 0.1) is 0 Å². The van der Waals surface area contributed by atoms with E-state index in [0.29, 0.717) is 0 Å². The number of unbranched alkanes of at least 4 members (excludes halogenated alkanes) is 12. The second-order valence-corrected chi connectivity index (χ2v) is 8.59. The van der Waals surface area contributed by atoms with E-state index in [1.807, 2.05) is 12.1 Å². The van der Waals surface area contributed by atoms with E-state index >= 15 is 0 Å². The van der Waals surface area contributed by atoms with Crippen molar-refractivity contribution in [2.24, 2.45) is 0 Å². The van der Waals surface area contributed by atoms with Crippen molar-refractivity contribution < 1.29 is 35.7 Å². The zero-order chi connectivity index (χ0) is 22.2. The first-order valence-corrected chi connectivity index (χ1v) is 13.1. The monoisotopic (exact) mass is 448 g/mol. The number of benzene rings is 2. The van der Waals surface area contributed by atoms with Crippen LogP contribution >= 0.6 is 0 Å². The zero-order valence-corrected chi connectivity index (χ0v) is 23.5. The Morgan fingerprint density at radius 3 is 1.12 bits per heavy atom. The Hall–Kier alpha value is -0.600. The summed E-state index contributed by atoms with van der Waals surface area (Å²) in [5.41, 5.74) is 2.55. The molecule has 2 aromatic carbocycles. The average Bonchev–Trinajstić information content (AvgIpc) is 2.83. The zero-order valence-electron chi connectivity index (χ0n) is 22.5. The fourth-order valence-electron chi connectivity index (χ4n) is 3.69. The Kier molecular flexibility index (Phi) is 24.6. The van der Waals surface area contributed by atoms with Crippen molar-refractivity contribution in [3.63, 3.8) is 0 Å². The summed E-state index contributed by atoms with van der Waals surface area (Å²) < 4.78 is 5.69. The molecule has 0 aliphatic rings. The maximum atomic E-state index is 5.69. The summed E-state index contributed by atoms with van der Waals surface area (Å²) in [5, 5.41) is 0. The van der Waals surface area contributed by atoms with Crippen LogP contribution in [0.15, 0.2) is 60.7 Å². The Labute approximate surface area is 223 Å². The van der Waals surface area contributed by atoms with Crippen LogP contribution in [0.1, 0.15) is 105 Å². The van der Waals surface area contributed by atoms with E-state index in [2.05, 4.69) is 62.4 Å². The van der Waals surface area contributed by atoms with Gasteiger partial charge in [0.2, 0.25) is 0 Å². The molecule has 0 aliphatic carbocycles. The van der Waals surface area contributed by atoms with Crippen molar-refractivity contribution in [1.29, 1.82) is 0 Å². The van der Waals surface area contributed by atoms with E-state index in [9.17, 15) is 0 Å². The SMILES string of the molecule is CCCCCCCCCOCCCCCCCCC.[H-].[Na+].c1ccc(-c2ccccc2)cc1. The largest absolute Gasteiger partial charge is 1.00 e. The first-order valence-electron chi connectivity index (χ1n) is 13.1. The molecule has 0 unspecified atom stereocenters. The van der Waals surface area contributed by atoms with Crippen molar-refractivity contribution >= 4 is 0 Å². The minimum absolute atomic E-state index is 0. The maximum Gasteiger partial charge on any atom is 1.00 e. The third-order valence-corrected chi connectivity index (χ3v) is 5.67. The normalized spacial score (nSPS) is 10.2. The molecule has 0 N–H and O–H groups in total. The van der Waals surface area contributed by atoms with Gasteiger partial charge in [-0.3, -0.25) is 0 Å². The van der Waals surface area contributed by atoms with Crippen LogP contribution in [0.5, 0.6) is 0 Å². The van der Waals surface area contributed by atoms with Crippen LogP contribution in [0.25, 0.3) is 11.1 Å². The third-order valence-electron chi connectivity index (χ3n) is 5.67.